The van der Waals surface area contributed by atoms with Crippen LogP contribution in [0.5, 0.6) is 0 Å². The molecule has 3 nitrogen and oxygen atoms in total. The molecular formula is C12H17N3. The summed E-state index contributed by atoms with van der Waals surface area (Å²) in [6.45, 7) is 1.15. The van der Waals surface area contributed by atoms with E-state index in [0.717, 1.165) is 18.3 Å². The van der Waals surface area contributed by atoms with Crippen molar-refractivity contribution in [2.45, 2.75) is 24.9 Å². The van der Waals surface area contributed by atoms with Gasteiger partial charge in [0.05, 0.1) is 5.66 Å². The SMILES string of the molecule is CN(c1ccccn1)C12CC(CCN1)C2. The van der Waals surface area contributed by atoms with E-state index in [0.29, 0.717) is 0 Å². The van der Waals surface area contributed by atoms with E-state index in [9.17, 15) is 0 Å². The number of hydrogen-bond acceptors (Lipinski definition) is 3. The van der Waals surface area contributed by atoms with E-state index in [4.69, 9.17) is 0 Å². The highest BCUT2D eigenvalue weighted by molar-refractivity contribution is 5.42. The Morgan fingerprint density at radius 2 is 2.33 bits per heavy atom. The molecule has 1 aromatic rings. The molecule has 3 fully saturated rings. The van der Waals surface area contributed by atoms with Gasteiger partial charge in [-0.05, 0) is 43.9 Å². The van der Waals surface area contributed by atoms with E-state index in [2.05, 4.69) is 34.4 Å². The number of hydrogen-bond donors (Lipinski definition) is 1. The Labute approximate surface area is 90.5 Å². The molecular weight excluding hydrogens is 186 g/mol. The predicted octanol–water partition coefficient (Wildman–Crippen LogP) is 1.62. The molecule has 1 saturated carbocycles. The Morgan fingerprint density at radius 3 is 2.93 bits per heavy atom. The summed E-state index contributed by atoms with van der Waals surface area (Å²) in [5, 5.41) is 3.65. The lowest BCUT2D eigenvalue weighted by molar-refractivity contribution is 0.0531. The summed E-state index contributed by atoms with van der Waals surface area (Å²) in [6, 6.07) is 6.10. The summed E-state index contributed by atoms with van der Waals surface area (Å²) in [4.78, 5) is 6.72. The molecule has 0 aromatic carbocycles. The Bertz CT molecular complexity index is 338. The molecule has 80 valence electrons. The molecule has 0 unspecified atom stereocenters. The van der Waals surface area contributed by atoms with E-state index >= 15 is 0 Å². The van der Waals surface area contributed by atoms with Gasteiger partial charge in [0.25, 0.3) is 0 Å². The maximum absolute atomic E-state index is 4.41. The number of nitrogens with zero attached hydrogens (tertiary/aromatic N) is 2. The summed E-state index contributed by atoms with van der Waals surface area (Å²) in [5.74, 6) is 2.02. The van der Waals surface area contributed by atoms with Crippen molar-refractivity contribution in [3.63, 3.8) is 0 Å². The number of rotatable bonds is 2. The number of fused-ring (bicyclic) bond motifs is 2. The Morgan fingerprint density at radius 1 is 1.47 bits per heavy atom. The quantitative estimate of drug-likeness (QED) is 0.791. The third-order valence-electron chi connectivity index (χ3n) is 3.89. The molecule has 3 heteroatoms. The lowest BCUT2D eigenvalue weighted by Crippen LogP contribution is -2.69. The van der Waals surface area contributed by atoms with E-state index in [1.54, 1.807) is 0 Å². The van der Waals surface area contributed by atoms with Crippen molar-refractivity contribution in [3.05, 3.63) is 24.4 Å². The molecule has 0 radical (unpaired) electrons. The van der Waals surface area contributed by atoms with E-state index < -0.39 is 0 Å². The van der Waals surface area contributed by atoms with Crippen LogP contribution >= 0.6 is 0 Å². The molecule has 2 saturated heterocycles. The first kappa shape index (κ1) is 9.16. The highest BCUT2D eigenvalue weighted by Crippen LogP contribution is 2.45. The van der Waals surface area contributed by atoms with Crippen LogP contribution in [0.2, 0.25) is 0 Å². The normalized spacial score (nSPS) is 33.3. The third-order valence-corrected chi connectivity index (χ3v) is 3.89. The fourth-order valence-corrected chi connectivity index (χ4v) is 2.92. The molecule has 15 heavy (non-hydrogen) atoms. The number of piperidine rings is 2. The lowest BCUT2D eigenvalue weighted by atomic mass is 9.68. The Hall–Kier alpha value is -1.09. The first-order valence-corrected chi connectivity index (χ1v) is 5.70. The molecule has 2 bridgehead atoms. The number of nitrogens with one attached hydrogen (secondary N) is 1. The van der Waals surface area contributed by atoms with Crippen molar-refractivity contribution in [1.29, 1.82) is 0 Å². The van der Waals surface area contributed by atoms with Crippen LogP contribution in [0.1, 0.15) is 19.3 Å². The van der Waals surface area contributed by atoms with Crippen LogP contribution in [0.3, 0.4) is 0 Å². The summed E-state index contributed by atoms with van der Waals surface area (Å²) < 4.78 is 0. The fourth-order valence-electron chi connectivity index (χ4n) is 2.92. The molecule has 1 aliphatic carbocycles. The maximum Gasteiger partial charge on any atom is 0.129 e. The second-order valence-corrected chi connectivity index (χ2v) is 4.77. The van der Waals surface area contributed by atoms with Gasteiger partial charge in [-0.2, -0.15) is 0 Å². The summed E-state index contributed by atoms with van der Waals surface area (Å²) in [6.07, 6.45) is 5.76. The van der Waals surface area contributed by atoms with Crippen molar-refractivity contribution >= 4 is 5.82 Å². The molecule has 1 aromatic heterocycles. The average molecular weight is 203 g/mol. The van der Waals surface area contributed by atoms with E-state index in [1.165, 1.54) is 19.3 Å². The summed E-state index contributed by atoms with van der Waals surface area (Å²) >= 11 is 0. The number of anilines is 1. The van der Waals surface area contributed by atoms with Crippen LogP contribution in [-0.2, 0) is 0 Å². The predicted molar refractivity (Wildman–Crippen MR) is 60.7 cm³/mol. The van der Waals surface area contributed by atoms with Crippen molar-refractivity contribution in [2.24, 2.45) is 5.92 Å². The topological polar surface area (TPSA) is 28.2 Å². The highest BCUT2D eigenvalue weighted by Gasteiger charge is 2.50. The number of aromatic nitrogens is 1. The van der Waals surface area contributed by atoms with Gasteiger partial charge in [0.15, 0.2) is 0 Å². The minimum atomic E-state index is 0.206. The second kappa shape index (κ2) is 3.20. The van der Waals surface area contributed by atoms with Gasteiger partial charge >= 0.3 is 0 Å². The van der Waals surface area contributed by atoms with Gasteiger partial charge in [0.2, 0.25) is 0 Å². The molecule has 4 rings (SSSR count). The van der Waals surface area contributed by atoms with Gasteiger partial charge in [0.1, 0.15) is 5.82 Å². The lowest BCUT2D eigenvalue weighted by Gasteiger charge is -2.57. The van der Waals surface area contributed by atoms with Crippen molar-refractivity contribution in [1.82, 2.24) is 10.3 Å². The smallest absolute Gasteiger partial charge is 0.129 e. The van der Waals surface area contributed by atoms with Gasteiger partial charge < -0.3 is 4.90 Å². The van der Waals surface area contributed by atoms with Gasteiger partial charge in [-0.15, -0.1) is 0 Å². The summed E-state index contributed by atoms with van der Waals surface area (Å²) in [7, 11) is 2.15. The minimum Gasteiger partial charge on any atom is -0.341 e. The highest BCUT2D eigenvalue weighted by atomic mass is 15.4. The van der Waals surface area contributed by atoms with E-state index in [-0.39, 0.29) is 5.66 Å². The van der Waals surface area contributed by atoms with Crippen molar-refractivity contribution in [2.75, 3.05) is 18.5 Å². The van der Waals surface area contributed by atoms with Crippen LogP contribution in [0, 0.1) is 5.92 Å². The zero-order chi connectivity index (χ0) is 10.3. The largest absolute Gasteiger partial charge is 0.341 e. The first-order chi connectivity index (χ1) is 7.30. The molecule has 2 aliphatic heterocycles. The fraction of sp³-hybridized carbons (Fsp3) is 0.583. The van der Waals surface area contributed by atoms with Crippen molar-refractivity contribution < 1.29 is 0 Å². The molecule has 0 spiro atoms. The minimum absolute atomic E-state index is 0.206. The summed E-state index contributed by atoms with van der Waals surface area (Å²) in [5.41, 5.74) is 0.206. The standard InChI is InChI=1S/C12H17N3/c1-15(11-4-2-3-6-13-11)12-8-10(9-12)5-7-14-12/h2-4,6,10,14H,5,7-9H2,1H3. The molecule has 3 aliphatic rings. The maximum atomic E-state index is 4.41. The Kier molecular flexibility index (Phi) is 1.96. The zero-order valence-corrected chi connectivity index (χ0v) is 9.11. The van der Waals surface area contributed by atoms with Gasteiger partial charge in [-0.1, -0.05) is 6.07 Å². The van der Waals surface area contributed by atoms with Gasteiger partial charge in [-0.25, -0.2) is 4.98 Å². The van der Waals surface area contributed by atoms with Gasteiger partial charge in [0, 0.05) is 13.2 Å². The second-order valence-electron chi connectivity index (χ2n) is 4.77. The molecule has 1 N–H and O–H groups in total. The first-order valence-electron chi connectivity index (χ1n) is 5.70. The van der Waals surface area contributed by atoms with Crippen LogP contribution < -0.4 is 10.2 Å². The third kappa shape index (κ3) is 1.34. The average Bonchev–Trinajstić information content (AvgIpc) is 2.29. The van der Waals surface area contributed by atoms with E-state index in [1.807, 2.05) is 12.3 Å². The molecule has 0 atom stereocenters. The zero-order valence-electron chi connectivity index (χ0n) is 9.11. The van der Waals surface area contributed by atoms with Crippen LogP contribution in [0.15, 0.2) is 24.4 Å². The Balaban J connectivity index is 1.83. The van der Waals surface area contributed by atoms with Crippen LogP contribution in [0.4, 0.5) is 5.82 Å². The molecule has 0 amide bonds. The molecule has 3 heterocycles. The van der Waals surface area contributed by atoms with Crippen LogP contribution in [-0.4, -0.2) is 24.2 Å². The number of pyridine rings is 1. The van der Waals surface area contributed by atoms with Crippen molar-refractivity contribution in [3.8, 4) is 0 Å². The van der Waals surface area contributed by atoms with Crippen LogP contribution in [0.25, 0.3) is 0 Å². The monoisotopic (exact) mass is 203 g/mol. The van der Waals surface area contributed by atoms with Gasteiger partial charge in [-0.3, -0.25) is 5.32 Å².